The van der Waals surface area contributed by atoms with E-state index in [9.17, 15) is 0 Å². The summed E-state index contributed by atoms with van der Waals surface area (Å²) in [6, 6.07) is 0.621. The van der Waals surface area contributed by atoms with Crippen molar-refractivity contribution in [2.24, 2.45) is 5.92 Å². The van der Waals surface area contributed by atoms with E-state index in [0.717, 1.165) is 12.3 Å². The second kappa shape index (κ2) is 6.70. The van der Waals surface area contributed by atoms with E-state index in [0.29, 0.717) is 6.04 Å². The van der Waals surface area contributed by atoms with E-state index in [4.69, 9.17) is 0 Å². The third-order valence-electron chi connectivity index (χ3n) is 5.07. The van der Waals surface area contributed by atoms with Crippen molar-refractivity contribution >= 4 is 0 Å². The summed E-state index contributed by atoms with van der Waals surface area (Å²) in [7, 11) is 2.25. The monoisotopic (exact) mass is 276 g/mol. The van der Waals surface area contributed by atoms with Crippen molar-refractivity contribution in [3.8, 4) is 0 Å². The van der Waals surface area contributed by atoms with Crippen molar-refractivity contribution in [1.82, 2.24) is 19.7 Å². The number of nitrogens with zero attached hydrogens (tertiary/aromatic N) is 4. The van der Waals surface area contributed by atoms with Crippen LogP contribution in [-0.4, -0.2) is 39.8 Å². The third kappa shape index (κ3) is 3.40. The number of hydrogen-bond acceptors (Lipinski definition) is 3. The maximum absolute atomic E-state index is 4.53. The second-order valence-corrected chi connectivity index (χ2v) is 6.72. The van der Waals surface area contributed by atoms with E-state index in [1.165, 1.54) is 70.3 Å². The molecule has 20 heavy (non-hydrogen) atoms. The lowest BCUT2D eigenvalue weighted by molar-refractivity contribution is 0.200. The van der Waals surface area contributed by atoms with Crippen LogP contribution in [-0.2, 0) is 6.42 Å². The zero-order chi connectivity index (χ0) is 13.8. The van der Waals surface area contributed by atoms with Gasteiger partial charge in [-0.2, -0.15) is 5.10 Å². The van der Waals surface area contributed by atoms with Crippen molar-refractivity contribution in [2.45, 2.75) is 63.8 Å². The van der Waals surface area contributed by atoms with Crippen LogP contribution in [0.5, 0.6) is 0 Å². The standard InChI is InChI=1S/C16H28N4/c1-19-11-5-6-14(12-19)9-10-16-17-13-18-20(16)15-7-3-2-4-8-15/h13-15H,2-12H2,1H3. The molecule has 0 radical (unpaired) electrons. The van der Waals surface area contributed by atoms with Gasteiger partial charge in [0.25, 0.3) is 0 Å². The van der Waals surface area contributed by atoms with Crippen LogP contribution in [0.15, 0.2) is 6.33 Å². The van der Waals surface area contributed by atoms with E-state index < -0.39 is 0 Å². The fourth-order valence-corrected chi connectivity index (χ4v) is 3.93. The number of aryl methyl sites for hydroxylation is 1. The first-order valence-corrected chi connectivity index (χ1v) is 8.40. The normalized spacial score (nSPS) is 25.9. The Morgan fingerprint density at radius 1 is 1.15 bits per heavy atom. The highest BCUT2D eigenvalue weighted by Gasteiger charge is 2.21. The molecule has 1 atom stereocenters. The molecule has 2 fully saturated rings. The molecule has 1 saturated heterocycles. The zero-order valence-electron chi connectivity index (χ0n) is 12.8. The topological polar surface area (TPSA) is 34.0 Å². The average molecular weight is 276 g/mol. The fraction of sp³-hybridized carbons (Fsp3) is 0.875. The van der Waals surface area contributed by atoms with Crippen LogP contribution in [0.1, 0.15) is 63.2 Å². The molecular weight excluding hydrogens is 248 g/mol. The Labute approximate surface area is 122 Å². The van der Waals surface area contributed by atoms with E-state index in [-0.39, 0.29) is 0 Å². The quantitative estimate of drug-likeness (QED) is 0.847. The minimum Gasteiger partial charge on any atom is -0.306 e. The van der Waals surface area contributed by atoms with Gasteiger partial charge in [-0.15, -0.1) is 0 Å². The predicted octanol–water partition coefficient (Wildman–Crippen LogP) is 3.06. The smallest absolute Gasteiger partial charge is 0.138 e. The Kier molecular flexibility index (Phi) is 4.71. The second-order valence-electron chi connectivity index (χ2n) is 6.72. The van der Waals surface area contributed by atoms with Crippen LogP contribution in [0.4, 0.5) is 0 Å². The maximum Gasteiger partial charge on any atom is 0.138 e. The molecule has 4 nitrogen and oxygen atoms in total. The molecule has 1 aliphatic carbocycles. The number of piperidine rings is 1. The van der Waals surface area contributed by atoms with Crippen LogP contribution in [0.3, 0.4) is 0 Å². The van der Waals surface area contributed by atoms with Crippen LogP contribution in [0.25, 0.3) is 0 Å². The van der Waals surface area contributed by atoms with Gasteiger partial charge in [0, 0.05) is 13.0 Å². The van der Waals surface area contributed by atoms with Gasteiger partial charge in [0.1, 0.15) is 12.2 Å². The molecule has 1 aliphatic heterocycles. The highest BCUT2D eigenvalue weighted by molar-refractivity contribution is 4.90. The minimum atomic E-state index is 0.621. The van der Waals surface area contributed by atoms with E-state index in [2.05, 4.69) is 26.7 Å². The minimum absolute atomic E-state index is 0.621. The van der Waals surface area contributed by atoms with Crippen molar-refractivity contribution in [3.05, 3.63) is 12.2 Å². The molecular formula is C16H28N4. The molecule has 2 aliphatic rings. The van der Waals surface area contributed by atoms with Gasteiger partial charge in [0.15, 0.2) is 0 Å². The molecule has 0 bridgehead atoms. The van der Waals surface area contributed by atoms with Crippen LogP contribution in [0.2, 0.25) is 0 Å². The maximum atomic E-state index is 4.53. The van der Waals surface area contributed by atoms with Gasteiger partial charge in [0.05, 0.1) is 6.04 Å². The van der Waals surface area contributed by atoms with Crippen LogP contribution >= 0.6 is 0 Å². The van der Waals surface area contributed by atoms with Gasteiger partial charge < -0.3 is 4.90 Å². The predicted molar refractivity (Wildman–Crippen MR) is 80.7 cm³/mol. The summed E-state index contributed by atoms with van der Waals surface area (Å²) in [6.45, 7) is 2.53. The molecule has 2 heterocycles. The van der Waals surface area contributed by atoms with E-state index in [1.54, 1.807) is 6.33 Å². The molecule has 0 amide bonds. The van der Waals surface area contributed by atoms with Crippen molar-refractivity contribution in [1.29, 1.82) is 0 Å². The Balaban J connectivity index is 1.56. The Morgan fingerprint density at radius 2 is 2.00 bits per heavy atom. The lowest BCUT2D eigenvalue weighted by atomic mass is 9.93. The van der Waals surface area contributed by atoms with Gasteiger partial charge in [0.2, 0.25) is 0 Å². The summed E-state index contributed by atoms with van der Waals surface area (Å²) in [6.07, 6.45) is 13.6. The van der Waals surface area contributed by atoms with Crippen molar-refractivity contribution < 1.29 is 0 Å². The average Bonchev–Trinajstić information content (AvgIpc) is 2.95. The molecule has 1 aromatic heterocycles. The fourth-order valence-electron chi connectivity index (χ4n) is 3.93. The highest BCUT2D eigenvalue weighted by atomic mass is 15.3. The number of aromatic nitrogens is 3. The molecule has 1 saturated carbocycles. The summed E-state index contributed by atoms with van der Waals surface area (Å²) >= 11 is 0. The van der Waals surface area contributed by atoms with Gasteiger partial charge in [-0.3, -0.25) is 0 Å². The van der Waals surface area contributed by atoms with Crippen molar-refractivity contribution in [3.63, 3.8) is 0 Å². The van der Waals surface area contributed by atoms with Crippen molar-refractivity contribution in [2.75, 3.05) is 20.1 Å². The lowest BCUT2D eigenvalue weighted by Crippen LogP contribution is -2.32. The van der Waals surface area contributed by atoms with Gasteiger partial charge >= 0.3 is 0 Å². The number of likely N-dealkylation sites (tertiary alicyclic amines) is 1. The lowest BCUT2D eigenvalue weighted by Gasteiger charge is -2.29. The van der Waals surface area contributed by atoms with Gasteiger partial charge in [-0.1, -0.05) is 19.3 Å². The number of hydrogen-bond donors (Lipinski definition) is 0. The Bertz CT molecular complexity index is 408. The molecule has 4 heteroatoms. The first-order chi connectivity index (χ1) is 9.83. The largest absolute Gasteiger partial charge is 0.306 e. The molecule has 0 spiro atoms. The molecule has 112 valence electrons. The Morgan fingerprint density at radius 3 is 2.80 bits per heavy atom. The van der Waals surface area contributed by atoms with Crippen LogP contribution < -0.4 is 0 Å². The SMILES string of the molecule is CN1CCCC(CCc2ncnn2C2CCCCC2)C1. The first kappa shape index (κ1) is 14.1. The van der Waals surface area contributed by atoms with Gasteiger partial charge in [-0.05, 0) is 51.6 Å². The molecule has 1 aromatic rings. The summed E-state index contributed by atoms with van der Waals surface area (Å²) in [5, 5.41) is 4.51. The Hall–Kier alpha value is -0.900. The molecule has 0 aromatic carbocycles. The van der Waals surface area contributed by atoms with E-state index >= 15 is 0 Å². The summed E-state index contributed by atoms with van der Waals surface area (Å²) in [4.78, 5) is 7.01. The first-order valence-electron chi connectivity index (χ1n) is 8.40. The number of rotatable bonds is 4. The highest BCUT2D eigenvalue weighted by Crippen LogP contribution is 2.28. The summed E-state index contributed by atoms with van der Waals surface area (Å²) < 4.78 is 2.24. The van der Waals surface area contributed by atoms with Gasteiger partial charge in [-0.25, -0.2) is 9.67 Å². The van der Waals surface area contributed by atoms with Crippen LogP contribution in [0, 0.1) is 5.92 Å². The molecule has 0 N–H and O–H groups in total. The zero-order valence-corrected chi connectivity index (χ0v) is 12.8. The third-order valence-corrected chi connectivity index (χ3v) is 5.07. The summed E-state index contributed by atoms with van der Waals surface area (Å²) in [5.41, 5.74) is 0. The molecule has 3 rings (SSSR count). The summed E-state index contributed by atoms with van der Waals surface area (Å²) in [5.74, 6) is 2.08. The molecule has 1 unspecified atom stereocenters. The van der Waals surface area contributed by atoms with E-state index in [1.807, 2.05) is 0 Å².